The summed E-state index contributed by atoms with van der Waals surface area (Å²) in [7, 11) is 0. The third-order valence-electron chi connectivity index (χ3n) is 11.1. The van der Waals surface area contributed by atoms with Crippen LogP contribution in [0.15, 0.2) is 0 Å². The van der Waals surface area contributed by atoms with Crippen molar-refractivity contribution < 1.29 is 68.4 Å². The van der Waals surface area contributed by atoms with Crippen LogP contribution in [0.1, 0.15) is 100 Å². The number of nitrogens with zero attached hydrogens (tertiary/aromatic N) is 2. The first kappa shape index (κ1) is 54.7. The molecule has 2 heterocycles. The second-order valence-corrected chi connectivity index (χ2v) is 17.6. The van der Waals surface area contributed by atoms with Gasteiger partial charge in [-0.05, 0) is 70.1 Å². The van der Waals surface area contributed by atoms with Crippen molar-refractivity contribution in [1.82, 2.24) is 41.7 Å². The van der Waals surface area contributed by atoms with Crippen LogP contribution >= 0.6 is 0 Å². The molecule has 64 heavy (non-hydrogen) atoms. The highest BCUT2D eigenvalue weighted by atomic mass is 16.4. The predicted octanol–water partition coefficient (Wildman–Crippen LogP) is -3.10. The summed E-state index contributed by atoms with van der Waals surface area (Å²) in [4.78, 5) is 132. The molecule has 8 amide bonds. The lowest BCUT2D eigenvalue weighted by molar-refractivity contribution is -0.145. The molecule has 2 fully saturated rings. The smallest absolute Gasteiger partial charge is 0.326 e. The van der Waals surface area contributed by atoms with Crippen LogP contribution in [0.5, 0.6) is 0 Å². The van der Waals surface area contributed by atoms with E-state index >= 15 is 0 Å². The molecule has 2 saturated heterocycles. The van der Waals surface area contributed by atoms with Crippen molar-refractivity contribution in [2.45, 2.75) is 161 Å². The van der Waals surface area contributed by atoms with Gasteiger partial charge < -0.3 is 67.9 Å². The normalized spacial score (nSPS) is 20.0. The molecule has 23 heteroatoms. The van der Waals surface area contributed by atoms with E-state index in [1.165, 1.54) is 18.7 Å². The molecule has 0 aromatic heterocycles. The molecule has 362 valence electrons. The first-order chi connectivity index (χ1) is 29.8. The third kappa shape index (κ3) is 15.7. The Hall–Kier alpha value is -5.42. The maximum atomic E-state index is 13.9. The number of nitrogens with two attached hydrogens (primary N) is 1. The molecule has 12 N–H and O–H groups in total. The van der Waals surface area contributed by atoms with Crippen LogP contribution in [0.25, 0.3) is 0 Å². The third-order valence-corrected chi connectivity index (χ3v) is 11.1. The van der Waals surface area contributed by atoms with Crippen molar-refractivity contribution in [3.63, 3.8) is 0 Å². The van der Waals surface area contributed by atoms with E-state index in [4.69, 9.17) is 10.8 Å². The molecule has 0 unspecified atom stereocenters. The van der Waals surface area contributed by atoms with Crippen LogP contribution in [0.4, 0.5) is 0 Å². The van der Waals surface area contributed by atoms with Gasteiger partial charge in [0.2, 0.25) is 47.3 Å². The van der Waals surface area contributed by atoms with Gasteiger partial charge in [0.05, 0.1) is 18.8 Å². The number of amides is 8. The fourth-order valence-corrected chi connectivity index (χ4v) is 7.42. The molecule has 0 aromatic rings. The standard InChI is InChI=1S/C41H69N9O14/c1-19(2)17-25(34(56)47-31(21(5)6)41(63)64)44-33(55)22(7)43-35(57)26(18-51)45-36(58)27-11-10-16-50(27)40(62)32(23(8)52)48-38(60)30(20(3)4)46-37(59)28-12-9-15-49(28)39(61)24(42)13-14-29(53)54/h19-28,30-32,51-52H,9-18,42H2,1-8H3,(H,43,57)(H,44,55)(H,45,58)(H,46,59)(H,47,56)(H,48,60)(H,53,54)(H,63,64)/t22-,23+,24-,25-,26-,27-,28-,30-,31-,32-/m0/s1. The van der Waals surface area contributed by atoms with Gasteiger partial charge in [-0.2, -0.15) is 0 Å². The predicted molar refractivity (Wildman–Crippen MR) is 227 cm³/mol. The fraction of sp³-hybridized carbons (Fsp3) is 0.756. The lowest BCUT2D eigenvalue weighted by Gasteiger charge is -2.33. The summed E-state index contributed by atoms with van der Waals surface area (Å²) >= 11 is 0. The van der Waals surface area contributed by atoms with Crippen LogP contribution in [0.2, 0.25) is 0 Å². The highest BCUT2D eigenvalue weighted by Gasteiger charge is 2.43. The minimum absolute atomic E-state index is 0.0171. The van der Waals surface area contributed by atoms with Gasteiger partial charge in [-0.1, -0.05) is 41.5 Å². The van der Waals surface area contributed by atoms with Crippen LogP contribution in [-0.4, -0.2) is 170 Å². The van der Waals surface area contributed by atoms with E-state index in [0.29, 0.717) is 12.8 Å². The van der Waals surface area contributed by atoms with Gasteiger partial charge in [0.25, 0.3) is 0 Å². The van der Waals surface area contributed by atoms with Gasteiger partial charge >= 0.3 is 11.9 Å². The molecular weight excluding hydrogens is 842 g/mol. The van der Waals surface area contributed by atoms with E-state index in [2.05, 4.69) is 31.9 Å². The number of aliphatic hydroxyl groups excluding tert-OH is 2. The van der Waals surface area contributed by atoms with Crippen LogP contribution in [0, 0.1) is 17.8 Å². The molecule has 23 nitrogen and oxygen atoms in total. The number of carbonyl (C=O) groups is 10. The van der Waals surface area contributed by atoms with E-state index in [9.17, 15) is 63.3 Å². The number of aliphatic carboxylic acids is 2. The minimum Gasteiger partial charge on any atom is -0.481 e. The zero-order valence-corrected chi connectivity index (χ0v) is 37.9. The summed E-state index contributed by atoms with van der Waals surface area (Å²) < 4.78 is 0. The largest absolute Gasteiger partial charge is 0.481 e. The van der Waals surface area contributed by atoms with Crippen molar-refractivity contribution >= 4 is 59.2 Å². The second kappa shape index (κ2) is 25.2. The van der Waals surface area contributed by atoms with Crippen LogP contribution in [-0.2, 0) is 47.9 Å². The second-order valence-electron chi connectivity index (χ2n) is 17.6. The van der Waals surface area contributed by atoms with Crippen molar-refractivity contribution in [3.8, 4) is 0 Å². The molecule has 0 aromatic carbocycles. The lowest BCUT2D eigenvalue weighted by atomic mass is 10.00. The summed E-state index contributed by atoms with van der Waals surface area (Å²) in [5.74, 6) is -9.85. The highest BCUT2D eigenvalue weighted by molar-refractivity contribution is 5.98. The van der Waals surface area contributed by atoms with Gasteiger partial charge in [0.15, 0.2) is 0 Å². The maximum absolute atomic E-state index is 13.9. The molecule has 0 saturated carbocycles. The van der Waals surface area contributed by atoms with Gasteiger partial charge in [-0.15, -0.1) is 0 Å². The molecule has 0 radical (unpaired) electrons. The summed E-state index contributed by atoms with van der Waals surface area (Å²) in [6.45, 7) is 11.9. The van der Waals surface area contributed by atoms with E-state index in [0.717, 1.165) is 4.90 Å². The topological polar surface area (TPSA) is 356 Å². The molecule has 2 rings (SSSR count). The van der Waals surface area contributed by atoms with Crippen LogP contribution in [0.3, 0.4) is 0 Å². The average molecular weight is 912 g/mol. The molecule has 0 bridgehead atoms. The molecule has 0 aliphatic carbocycles. The Morgan fingerprint density at radius 3 is 1.58 bits per heavy atom. The van der Waals surface area contributed by atoms with Crippen molar-refractivity contribution in [1.29, 1.82) is 0 Å². The van der Waals surface area contributed by atoms with E-state index in [1.54, 1.807) is 41.5 Å². The maximum Gasteiger partial charge on any atom is 0.326 e. The number of carboxylic acid groups (broad SMARTS) is 2. The average Bonchev–Trinajstić information content (AvgIpc) is 3.91. The first-order valence-corrected chi connectivity index (χ1v) is 21.7. The molecule has 2 aliphatic heterocycles. The monoisotopic (exact) mass is 911 g/mol. The Kier molecular flexibility index (Phi) is 21.5. The Labute approximate surface area is 372 Å². The lowest BCUT2D eigenvalue weighted by Crippen LogP contribution is -2.62. The molecular formula is C41H69N9O14. The zero-order valence-electron chi connectivity index (χ0n) is 37.9. The van der Waals surface area contributed by atoms with Crippen molar-refractivity contribution in [2.75, 3.05) is 19.7 Å². The van der Waals surface area contributed by atoms with Gasteiger partial charge in [-0.3, -0.25) is 43.2 Å². The summed E-state index contributed by atoms with van der Waals surface area (Å²) in [6, 6.07) is -11.5. The molecule has 0 spiro atoms. The summed E-state index contributed by atoms with van der Waals surface area (Å²) in [5.41, 5.74) is 5.92. The number of hydrogen-bond acceptors (Lipinski definition) is 13. The van der Waals surface area contributed by atoms with Gasteiger partial charge in [-0.25, -0.2) is 4.79 Å². The number of hydrogen-bond donors (Lipinski definition) is 11. The zero-order chi connectivity index (χ0) is 48.7. The number of rotatable bonds is 24. The van der Waals surface area contributed by atoms with E-state index in [1.807, 2.05) is 0 Å². The Morgan fingerprint density at radius 2 is 1.11 bits per heavy atom. The quantitative estimate of drug-likeness (QED) is 0.0457. The number of aliphatic hydroxyl groups is 2. The van der Waals surface area contributed by atoms with Gasteiger partial charge in [0, 0.05) is 19.5 Å². The van der Waals surface area contributed by atoms with Gasteiger partial charge in [0.1, 0.15) is 48.3 Å². The Balaban J connectivity index is 2.13. The van der Waals surface area contributed by atoms with Crippen molar-refractivity contribution in [2.24, 2.45) is 23.5 Å². The highest BCUT2D eigenvalue weighted by Crippen LogP contribution is 2.22. The first-order valence-electron chi connectivity index (χ1n) is 21.7. The Morgan fingerprint density at radius 1 is 0.609 bits per heavy atom. The number of likely N-dealkylation sites (tertiary alicyclic amines) is 2. The van der Waals surface area contributed by atoms with E-state index in [-0.39, 0.29) is 51.1 Å². The minimum atomic E-state index is -1.60. The Bertz CT molecular complexity index is 1710. The van der Waals surface area contributed by atoms with E-state index < -0.39 is 138 Å². The number of carboxylic acids is 2. The SMILES string of the molecule is CC(C)C[C@H](NC(=O)[C@H](C)NC(=O)[C@H](CO)NC(=O)[C@@H]1CCCN1C(=O)[C@@H](NC(=O)[C@@H](NC(=O)[C@@H]1CCCN1C(=O)[C@@H](N)CCC(=O)O)C(C)C)[C@@H](C)O)C(=O)N[C@H](C(=O)O)C(C)C. The fourth-order valence-electron chi connectivity index (χ4n) is 7.42. The summed E-state index contributed by atoms with van der Waals surface area (Å²) in [5, 5.41) is 54.1. The molecule has 2 aliphatic rings. The van der Waals surface area contributed by atoms with Crippen LogP contribution < -0.4 is 37.6 Å². The number of carbonyl (C=O) groups excluding carboxylic acids is 8. The summed E-state index contributed by atoms with van der Waals surface area (Å²) in [6.07, 6.45) is -0.704. The molecule has 10 atom stereocenters. The van der Waals surface area contributed by atoms with Crippen molar-refractivity contribution in [3.05, 3.63) is 0 Å². The number of nitrogens with one attached hydrogen (secondary N) is 6.